The fourth-order valence-electron chi connectivity index (χ4n) is 2.76. The fourth-order valence-corrected chi connectivity index (χ4v) is 3.78. The first-order chi connectivity index (χ1) is 13.3. The summed E-state index contributed by atoms with van der Waals surface area (Å²) in [5, 5.41) is 4.46. The van der Waals surface area contributed by atoms with E-state index in [4.69, 9.17) is 11.6 Å². The first-order valence-electron chi connectivity index (χ1n) is 8.89. The van der Waals surface area contributed by atoms with Crippen LogP contribution in [0.4, 0.5) is 5.69 Å². The Labute approximate surface area is 172 Å². The third-order valence-electron chi connectivity index (χ3n) is 4.04. The van der Waals surface area contributed by atoms with E-state index in [-0.39, 0.29) is 23.1 Å². The van der Waals surface area contributed by atoms with Gasteiger partial charge in [-0.15, -0.1) is 0 Å². The van der Waals surface area contributed by atoms with Gasteiger partial charge >= 0.3 is 0 Å². The molecule has 146 valence electrons. The van der Waals surface area contributed by atoms with Crippen LogP contribution in [0, 0.1) is 12.8 Å². The van der Waals surface area contributed by atoms with Crippen LogP contribution >= 0.6 is 23.4 Å². The molecule has 0 aliphatic heterocycles. The van der Waals surface area contributed by atoms with Crippen LogP contribution in [0.5, 0.6) is 0 Å². The molecule has 1 N–H and O–H groups in total. The molecule has 0 saturated heterocycles. The molecule has 0 unspecified atom stereocenters. The highest BCUT2D eigenvalue weighted by atomic mass is 35.5. The lowest BCUT2D eigenvalue weighted by Gasteiger charge is -2.14. The van der Waals surface area contributed by atoms with Crippen molar-refractivity contribution in [1.29, 1.82) is 0 Å². The second kappa shape index (κ2) is 8.75. The number of fused-ring (bicyclic) bond motifs is 1. The highest BCUT2D eigenvalue weighted by Gasteiger charge is 2.15. The quantitative estimate of drug-likeness (QED) is 0.482. The number of pyridine rings is 1. The van der Waals surface area contributed by atoms with Crippen molar-refractivity contribution in [3.05, 3.63) is 57.5 Å². The molecule has 3 rings (SSSR count). The summed E-state index contributed by atoms with van der Waals surface area (Å²) in [5.41, 5.74) is 1.85. The molecule has 0 radical (unpaired) electrons. The number of anilines is 1. The summed E-state index contributed by atoms with van der Waals surface area (Å²) in [6.07, 6.45) is 1.60. The van der Waals surface area contributed by atoms with Crippen LogP contribution in [0.25, 0.3) is 11.0 Å². The number of rotatable bonds is 6. The number of hydrogen-bond acceptors (Lipinski definition) is 5. The monoisotopic (exact) mass is 416 g/mol. The number of thioether (sulfide) groups is 1. The standard InChI is InChI=1S/C20H21ClN4O2S/c1-12(2)10-25-19(27)15-5-4-8-22-18(15)24-20(25)28-11-17(26)23-16-7-6-14(21)9-13(16)3/h4-9,12H,10-11H2,1-3H3,(H,23,26). The molecule has 8 heteroatoms. The Hall–Kier alpha value is -2.38. The smallest absolute Gasteiger partial charge is 0.263 e. The van der Waals surface area contributed by atoms with Gasteiger partial charge in [0.25, 0.3) is 5.56 Å². The van der Waals surface area contributed by atoms with Gasteiger partial charge < -0.3 is 5.32 Å². The van der Waals surface area contributed by atoms with Gasteiger partial charge in [0.15, 0.2) is 10.8 Å². The number of aryl methyl sites for hydroxylation is 1. The van der Waals surface area contributed by atoms with Crippen molar-refractivity contribution in [3.8, 4) is 0 Å². The van der Waals surface area contributed by atoms with Gasteiger partial charge in [-0.3, -0.25) is 14.2 Å². The van der Waals surface area contributed by atoms with E-state index < -0.39 is 0 Å². The number of nitrogens with zero attached hydrogens (tertiary/aromatic N) is 3. The first-order valence-corrected chi connectivity index (χ1v) is 10.3. The summed E-state index contributed by atoms with van der Waals surface area (Å²) < 4.78 is 1.63. The molecule has 0 aliphatic carbocycles. The van der Waals surface area contributed by atoms with Gasteiger partial charge in [-0.05, 0) is 48.7 Å². The zero-order chi connectivity index (χ0) is 20.3. The van der Waals surface area contributed by atoms with Crippen LogP contribution < -0.4 is 10.9 Å². The molecule has 0 spiro atoms. The van der Waals surface area contributed by atoms with Crippen molar-refractivity contribution in [1.82, 2.24) is 14.5 Å². The fraction of sp³-hybridized carbons (Fsp3) is 0.300. The van der Waals surface area contributed by atoms with Crippen LogP contribution in [-0.4, -0.2) is 26.2 Å². The maximum absolute atomic E-state index is 12.9. The van der Waals surface area contributed by atoms with Crippen molar-refractivity contribution >= 4 is 46.0 Å². The van der Waals surface area contributed by atoms with Gasteiger partial charge in [0.2, 0.25) is 5.91 Å². The van der Waals surface area contributed by atoms with Gasteiger partial charge in [0.1, 0.15) is 0 Å². The number of hydrogen-bond donors (Lipinski definition) is 1. The summed E-state index contributed by atoms with van der Waals surface area (Å²) in [4.78, 5) is 34.0. The number of carbonyl (C=O) groups excluding carboxylic acids is 1. The van der Waals surface area contributed by atoms with Crippen LogP contribution in [0.15, 0.2) is 46.5 Å². The number of amides is 1. The highest BCUT2D eigenvalue weighted by molar-refractivity contribution is 7.99. The molecule has 0 saturated carbocycles. The maximum Gasteiger partial charge on any atom is 0.263 e. The molecule has 2 aromatic heterocycles. The molecule has 0 bridgehead atoms. The highest BCUT2D eigenvalue weighted by Crippen LogP contribution is 2.21. The van der Waals surface area contributed by atoms with E-state index in [1.54, 1.807) is 41.1 Å². The zero-order valence-corrected chi connectivity index (χ0v) is 17.5. The van der Waals surface area contributed by atoms with Crippen LogP contribution in [0.1, 0.15) is 19.4 Å². The molecule has 2 heterocycles. The Morgan fingerprint density at radius 2 is 2.11 bits per heavy atom. The van der Waals surface area contributed by atoms with Crippen molar-refractivity contribution in [2.75, 3.05) is 11.1 Å². The van der Waals surface area contributed by atoms with Crippen molar-refractivity contribution < 1.29 is 4.79 Å². The lowest BCUT2D eigenvalue weighted by molar-refractivity contribution is -0.113. The Bertz CT molecular complexity index is 1080. The third kappa shape index (κ3) is 4.72. The summed E-state index contributed by atoms with van der Waals surface area (Å²) in [7, 11) is 0. The molecule has 6 nitrogen and oxygen atoms in total. The minimum absolute atomic E-state index is 0.130. The topological polar surface area (TPSA) is 76.9 Å². The predicted octanol–water partition coefficient (Wildman–Crippen LogP) is 4.14. The van der Waals surface area contributed by atoms with Crippen LogP contribution in [0.3, 0.4) is 0 Å². The van der Waals surface area contributed by atoms with E-state index in [1.807, 2.05) is 20.8 Å². The summed E-state index contributed by atoms with van der Waals surface area (Å²) in [6.45, 7) is 6.47. The van der Waals surface area contributed by atoms with Gasteiger partial charge in [0.05, 0.1) is 11.1 Å². The SMILES string of the molecule is Cc1cc(Cl)ccc1NC(=O)CSc1nc2ncccc2c(=O)n1CC(C)C. The summed E-state index contributed by atoms with van der Waals surface area (Å²) in [6, 6.07) is 8.74. The second-order valence-electron chi connectivity index (χ2n) is 6.87. The molecular formula is C20H21ClN4O2S. The molecule has 3 aromatic rings. The van der Waals surface area contributed by atoms with E-state index in [0.29, 0.717) is 33.4 Å². The number of halogens is 1. The van der Waals surface area contributed by atoms with E-state index in [2.05, 4.69) is 15.3 Å². The molecule has 1 amide bonds. The van der Waals surface area contributed by atoms with E-state index in [9.17, 15) is 9.59 Å². The van der Waals surface area contributed by atoms with E-state index in [1.165, 1.54) is 11.8 Å². The Kier molecular flexibility index (Phi) is 6.36. The van der Waals surface area contributed by atoms with E-state index in [0.717, 1.165) is 5.56 Å². The Balaban J connectivity index is 1.82. The maximum atomic E-state index is 12.9. The zero-order valence-electron chi connectivity index (χ0n) is 15.9. The molecular weight excluding hydrogens is 396 g/mol. The number of aromatic nitrogens is 3. The molecule has 0 aliphatic rings. The predicted molar refractivity (Wildman–Crippen MR) is 114 cm³/mol. The third-order valence-corrected chi connectivity index (χ3v) is 5.25. The Morgan fingerprint density at radius 1 is 1.32 bits per heavy atom. The minimum Gasteiger partial charge on any atom is -0.325 e. The number of nitrogens with one attached hydrogen (secondary N) is 1. The van der Waals surface area contributed by atoms with Gasteiger partial charge in [-0.1, -0.05) is 37.2 Å². The average molecular weight is 417 g/mol. The largest absolute Gasteiger partial charge is 0.325 e. The second-order valence-corrected chi connectivity index (χ2v) is 8.25. The van der Waals surface area contributed by atoms with Gasteiger partial charge in [-0.2, -0.15) is 0 Å². The average Bonchev–Trinajstić information content (AvgIpc) is 2.65. The molecule has 0 fully saturated rings. The summed E-state index contributed by atoms with van der Waals surface area (Å²) in [5.74, 6) is 0.214. The van der Waals surface area contributed by atoms with Gasteiger partial charge in [-0.25, -0.2) is 9.97 Å². The summed E-state index contributed by atoms with van der Waals surface area (Å²) >= 11 is 7.18. The van der Waals surface area contributed by atoms with Crippen molar-refractivity contribution in [2.45, 2.75) is 32.5 Å². The Morgan fingerprint density at radius 3 is 2.82 bits per heavy atom. The van der Waals surface area contributed by atoms with Crippen LogP contribution in [-0.2, 0) is 11.3 Å². The van der Waals surface area contributed by atoms with E-state index >= 15 is 0 Å². The lowest BCUT2D eigenvalue weighted by atomic mass is 10.2. The van der Waals surface area contributed by atoms with Gasteiger partial charge in [0, 0.05) is 23.5 Å². The first kappa shape index (κ1) is 20.4. The molecule has 28 heavy (non-hydrogen) atoms. The van der Waals surface area contributed by atoms with Crippen LogP contribution in [0.2, 0.25) is 5.02 Å². The normalized spacial score (nSPS) is 11.2. The number of benzene rings is 1. The lowest BCUT2D eigenvalue weighted by Crippen LogP contribution is -2.26. The number of carbonyl (C=O) groups is 1. The molecule has 1 aromatic carbocycles. The van der Waals surface area contributed by atoms with Crippen molar-refractivity contribution in [3.63, 3.8) is 0 Å². The van der Waals surface area contributed by atoms with Crippen molar-refractivity contribution in [2.24, 2.45) is 5.92 Å². The molecule has 0 atom stereocenters. The minimum atomic E-state index is -0.179.